The van der Waals surface area contributed by atoms with Crippen LogP contribution in [0.25, 0.3) is 0 Å². The van der Waals surface area contributed by atoms with Gasteiger partial charge in [-0.2, -0.15) is 0 Å². The largest absolute Gasteiger partial charge is 0.478 e. The Morgan fingerprint density at radius 3 is 2.10 bits per heavy atom. The van der Waals surface area contributed by atoms with Gasteiger partial charge in [0.2, 0.25) is 0 Å². The van der Waals surface area contributed by atoms with Crippen LogP contribution in [-0.2, 0) is 6.42 Å². The first-order valence-electron chi connectivity index (χ1n) is 5.91. The molecule has 0 spiro atoms. The highest BCUT2D eigenvalue weighted by Gasteiger charge is 2.19. The highest BCUT2D eigenvalue weighted by atomic mass is 32.1. The van der Waals surface area contributed by atoms with E-state index in [0.717, 1.165) is 15.6 Å². The first-order valence-corrected chi connectivity index (χ1v) is 6.73. The van der Waals surface area contributed by atoms with Gasteiger partial charge < -0.3 is 10.2 Å². The molecule has 1 heterocycles. The lowest BCUT2D eigenvalue weighted by atomic mass is 9.98. The molecule has 0 aliphatic rings. The Morgan fingerprint density at radius 2 is 1.70 bits per heavy atom. The van der Waals surface area contributed by atoms with Crippen molar-refractivity contribution in [3.05, 3.63) is 50.5 Å². The lowest BCUT2D eigenvalue weighted by Crippen LogP contribution is -2.10. The third-order valence-corrected chi connectivity index (χ3v) is 4.11. The summed E-state index contributed by atoms with van der Waals surface area (Å²) in [7, 11) is 0. The van der Waals surface area contributed by atoms with Crippen molar-refractivity contribution in [1.29, 1.82) is 0 Å². The van der Waals surface area contributed by atoms with Gasteiger partial charge in [-0.25, -0.2) is 14.6 Å². The Kier molecular flexibility index (Phi) is 3.85. The van der Waals surface area contributed by atoms with Crippen molar-refractivity contribution >= 4 is 23.3 Å². The molecule has 0 radical (unpaired) electrons. The molecule has 5 nitrogen and oxygen atoms in total. The van der Waals surface area contributed by atoms with Crippen molar-refractivity contribution in [2.24, 2.45) is 0 Å². The van der Waals surface area contributed by atoms with E-state index < -0.39 is 11.9 Å². The van der Waals surface area contributed by atoms with Crippen molar-refractivity contribution < 1.29 is 19.8 Å². The van der Waals surface area contributed by atoms with Gasteiger partial charge in [0.05, 0.1) is 21.8 Å². The number of hydrogen-bond donors (Lipinski definition) is 2. The molecule has 2 aromatic rings. The topological polar surface area (TPSA) is 87.5 Å². The minimum Gasteiger partial charge on any atom is -0.478 e. The van der Waals surface area contributed by atoms with Crippen LogP contribution in [0.3, 0.4) is 0 Å². The number of rotatable bonds is 4. The van der Waals surface area contributed by atoms with E-state index in [1.54, 1.807) is 0 Å². The average Bonchev–Trinajstić information content (AvgIpc) is 2.68. The van der Waals surface area contributed by atoms with E-state index in [0.29, 0.717) is 5.56 Å². The molecule has 1 aromatic carbocycles. The van der Waals surface area contributed by atoms with E-state index in [2.05, 4.69) is 4.98 Å². The van der Waals surface area contributed by atoms with E-state index in [1.807, 2.05) is 13.8 Å². The van der Waals surface area contributed by atoms with Crippen LogP contribution in [0.5, 0.6) is 0 Å². The second-order valence-electron chi connectivity index (χ2n) is 4.37. The molecule has 0 fully saturated rings. The number of carbonyl (C=O) groups is 2. The molecule has 0 aliphatic heterocycles. The van der Waals surface area contributed by atoms with Crippen LogP contribution >= 0.6 is 11.3 Å². The molecule has 2 rings (SSSR count). The number of aromatic carboxylic acids is 2. The molecule has 0 aliphatic carbocycles. The fourth-order valence-electron chi connectivity index (χ4n) is 1.94. The minimum absolute atomic E-state index is 0.00964. The first kappa shape index (κ1) is 14.2. The molecular formula is C14H13NO4S. The molecule has 0 bridgehead atoms. The number of aryl methyl sites for hydroxylation is 2. The van der Waals surface area contributed by atoms with Gasteiger partial charge in [0.1, 0.15) is 0 Å². The Labute approximate surface area is 119 Å². The minimum atomic E-state index is -1.13. The lowest BCUT2D eigenvalue weighted by molar-refractivity contribution is 0.0696. The zero-order valence-corrected chi connectivity index (χ0v) is 11.8. The van der Waals surface area contributed by atoms with Crippen molar-refractivity contribution in [3.63, 3.8) is 0 Å². The maximum absolute atomic E-state index is 11.2. The van der Waals surface area contributed by atoms with Gasteiger partial charge in [0, 0.05) is 11.3 Å². The van der Waals surface area contributed by atoms with Gasteiger partial charge in [0.25, 0.3) is 0 Å². The summed E-state index contributed by atoms with van der Waals surface area (Å²) >= 11 is 1.45. The predicted molar refractivity (Wildman–Crippen MR) is 74.8 cm³/mol. The van der Waals surface area contributed by atoms with Gasteiger partial charge in [-0.1, -0.05) is 6.07 Å². The van der Waals surface area contributed by atoms with Crippen LogP contribution in [-0.4, -0.2) is 27.1 Å². The zero-order valence-electron chi connectivity index (χ0n) is 11.0. The summed E-state index contributed by atoms with van der Waals surface area (Å²) in [5, 5.41) is 19.1. The van der Waals surface area contributed by atoms with Gasteiger partial charge in [-0.15, -0.1) is 11.3 Å². The fourth-order valence-corrected chi connectivity index (χ4v) is 2.89. The maximum Gasteiger partial charge on any atom is 0.336 e. The SMILES string of the molecule is Cc1nc(Cc2c(C(=O)O)cccc2C(=O)O)sc1C. The highest BCUT2D eigenvalue weighted by Crippen LogP contribution is 2.24. The zero-order chi connectivity index (χ0) is 14.9. The smallest absolute Gasteiger partial charge is 0.336 e. The number of nitrogens with zero attached hydrogens (tertiary/aromatic N) is 1. The van der Waals surface area contributed by atoms with E-state index in [1.165, 1.54) is 29.5 Å². The summed E-state index contributed by atoms with van der Waals surface area (Å²) in [6, 6.07) is 4.27. The van der Waals surface area contributed by atoms with Crippen LogP contribution in [0.15, 0.2) is 18.2 Å². The number of carboxylic acid groups (broad SMARTS) is 2. The molecule has 0 amide bonds. The molecule has 0 saturated carbocycles. The molecule has 0 saturated heterocycles. The monoisotopic (exact) mass is 291 g/mol. The number of benzene rings is 1. The summed E-state index contributed by atoms with van der Waals surface area (Å²) in [6.07, 6.45) is 0.212. The van der Waals surface area contributed by atoms with Crippen molar-refractivity contribution in [1.82, 2.24) is 4.98 Å². The van der Waals surface area contributed by atoms with Gasteiger partial charge in [-0.3, -0.25) is 0 Å². The van der Waals surface area contributed by atoms with E-state index in [-0.39, 0.29) is 17.5 Å². The summed E-state index contributed by atoms with van der Waals surface area (Å²) in [6.45, 7) is 3.80. The van der Waals surface area contributed by atoms with Gasteiger partial charge in [-0.05, 0) is 31.5 Å². The summed E-state index contributed by atoms with van der Waals surface area (Å²) in [4.78, 5) is 27.9. The normalized spacial score (nSPS) is 10.5. The Bertz CT molecular complexity index is 639. The third kappa shape index (κ3) is 2.70. The predicted octanol–water partition coefficient (Wildman–Crippen LogP) is 2.75. The van der Waals surface area contributed by atoms with Crippen LogP contribution in [0.2, 0.25) is 0 Å². The highest BCUT2D eigenvalue weighted by molar-refractivity contribution is 7.11. The molecular weight excluding hydrogens is 278 g/mol. The fraction of sp³-hybridized carbons (Fsp3) is 0.214. The maximum atomic E-state index is 11.2. The number of hydrogen-bond acceptors (Lipinski definition) is 4. The number of aromatic nitrogens is 1. The molecule has 0 atom stereocenters. The lowest BCUT2D eigenvalue weighted by Gasteiger charge is -2.08. The summed E-state index contributed by atoms with van der Waals surface area (Å²) in [5.74, 6) is -2.26. The van der Waals surface area contributed by atoms with Crippen LogP contribution < -0.4 is 0 Å². The standard InChI is InChI=1S/C14H13NO4S/c1-7-8(2)20-12(15-7)6-11-9(13(16)17)4-3-5-10(11)14(18)19/h3-5H,6H2,1-2H3,(H,16,17)(H,18,19). The van der Waals surface area contributed by atoms with Gasteiger partial charge in [0.15, 0.2) is 0 Å². The van der Waals surface area contributed by atoms with E-state index in [9.17, 15) is 19.8 Å². The molecule has 0 unspecified atom stereocenters. The molecule has 6 heteroatoms. The number of thiazole rings is 1. The van der Waals surface area contributed by atoms with Crippen LogP contribution in [0.1, 0.15) is 41.9 Å². The third-order valence-electron chi connectivity index (χ3n) is 3.04. The summed E-state index contributed by atoms with van der Waals surface area (Å²) in [5.41, 5.74) is 1.20. The average molecular weight is 291 g/mol. The van der Waals surface area contributed by atoms with Crippen LogP contribution in [0.4, 0.5) is 0 Å². The van der Waals surface area contributed by atoms with Crippen molar-refractivity contribution in [2.45, 2.75) is 20.3 Å². The molecule has 2 N–H and O–H groups in total. The van der Waals surface area contributed by atoms with E-state index >= 15 is 0 Å². The Balaban J connectivity index is 2.53. The van der Waals surface area contributed by atoms with Gasteiger partial charge >= 0.3 is 11.9 Å². The molecule has 20 heavy (non-hydrogen) atoms. The first-order chi connectivity index (χ1) is 9.40. The van der Waals surface area contributed by atoms with Crippen molar-refractivity contribution in [3.8, 4) is 0 Å². The quantitative estimate of drug-likeness (QED) is 0.904. The Morgan fingerprint density at radius 1 is 1.15 bits per heavy atom. The number of carboxylic acids is 2. The second kappa shape index (κ2) is 5.42. The van der Waals surface area contributed by atoms with Crippen molar-refractivity contribution in [2.75, 3.05) is 0 Å². The Hall–Kier alpha value is -2.21. The molecule has 104 valence electrons. The summed E-state index contributed by atoms with van der Waals surface area (Å²) < 4.78 is 0. The second-order valence-corrected chi connectivity index (χ2v) is 5.66. The van der Waals surface area contributed by atoms with E-state index in [4.69, 9.17) is 0 Å². The van der Waals surface area contributed by atoms with Crippen LogP contribution in [0, 0.1) is 13.8 Å². The molecule has 1 aromatic heterocycles.